The van der Waals surface area contributed by atoms with Crippen molar-refractivity contribution in [3.05, 3.63) is 43.2 Å². The van der Waals surface area contributed by atoms with Gasteiger partial charge in [-0.3, -0.25) is 4.98 Å². The van der Waals surface area contributed by atoms with E-state index in [0.717, 1.165) is 0 Å². The van der Waals surface area contributed by atoms with Crippen LogP contribution in [0.4, 0.5) is 0 Å². The van der Waals surface area contributed by atoms with Crippen molar-refractivity contribution in [3.8, 4) is 0 Å². The Morgan fingerprint density at radius 1 is 1.31 bits per heavy atom. The summed E-state index contributed by atoms with van der Waals surface area (Å²) in [6.45, 7) is 3.92. The van der Waals surface area contributed by atoms with Crippen LogP contribution in [-0.2, 0) is 0 Å². The van der Waals surface area contributed by atoms with Crippen LogP contribution in [0.3, 0.4) is 0 Å². The van der Waals surface area contributed by atoms with Gasteiger partial charge in [0, 0.05) is 12.4 Å². The lowest BCUT2D eigenvalue weighted by Gasteiger charge is -1.83. The number of aliphatic imine (C=N–C) groups is 1. The summed E-state index contributed by atoms with van der Waals surface area (Å²) in [5, 5.41) is 0. The summed E-state index contributed by atoms with van der Waals surface area (Å²) in [6, 6.07) is 5.72. The van der Waals surface area contributed by atoms with Crippen molar-refractivity contribution in [1.82, 2.24) is 4.98 Å². The summed E-state index contributed by atoms with van der Waals surface area (Å²) in [4.78, 5) is 7.38. The Kier molecular flexibility index (Phi) is 7.09. The van der Waals surface area contributed by atoms with Crippen LogP contribution in [0.25, 0.3) is 0 Å². The fourth-order valence-corrected chi connectivity index (χ4v) is 0.483. The number of aromatic nitrogens is 1. The summed E-state index contributed by atoms with van der Waals surface area (Å²) in [6.07, 6.45) is 5.12. The Bertz CT molecular complexity index is 212. The van der Waals surface area contributed by atoms with E-state index in [2.05, 4.69) is 16.6 Å². The van der Waals surface area contributed by atoms with Crippen molar-refractivity contribution >= 4 is 5.96 Å². The molecule has 0 unspecified atom stereocenters. The normalized spacial score (nSPS) is 7.69. The molecule has 13 heavy (non-hydrogen) atoms. The third-order valence-corrected chi connectivity index (χ3v) is 0.969. The van der Waals surface area contributed by atoms with Gasteiger partial charge in [-0.2, -0.15) is 0 Å². The Hall–Kier alpha value is -1.84. The quantitative estimate of drug-likeness (QED) is 0.394. The number of hydrogen-bond acceptors (Lipinski definition) is 2. The van der Waals surface area contributed by atoms with Crippen molar-refractivity contribution in [1.29, 1.82) is 0 Å². The summed E-state index contributed by atoms with van der Waals surface area (Å²) < 4.78 is 0. The topological polar surface area (TPSA) is 77.3 Å². The van der Waals surface area contributed by atoms with E-state index in [-0.39, 0.29) is 5.96 Å². The maximum Gasteiger partial charge on any atom is 0.186 e. The van der Waals surface area contributed by atoms with Crippen LogP contribution < -0.4 is 11.5 Å². The standard InChI is InChI=1S/C5H5N.C4H9N3/c1-2-4-6-5-3-1;1-2-3-7-4(5)6/h1-5H;2H,1,3H2,(H4,5,6,7). The van der Waals surface area contributed by atoms with Gasteiger partial charge in [-0.15, -0.1) is 6.58 Å². The van der Waals surface area contributed by atoms with Crippen molar-refractivity contribution < 1.29 is 0 Å². The SMILES string of the molecule is C=CCN=C(N)N.c1ccncc1. The molecule has 1 heterocycles. The number of rotatable bonds is 2. The monoisotopic (exact) mass is 178 g/mol. The van der Waals surface area contributed by atoms with E-state index in [1.54, 1.807) is 18.5 Å². The maximum absolute atomic E-state index is 4.96. The predicted octanol–water partition coefficient (Wildman–Crippen LogP) is 0.527. The van der Waals surface area contributed by atoms with Gasteiger partial charge in [0.1, 0.15) is 0 Å². The molecule has 0 spiro atoms. The fourth-order valence-electron chi connectivity index (χ4n) is 0.483. The lowest BCUT2D eigenvalue weighted by atomic mass is 10.5. The third kappa shape index (κ3) is 10.2. The molecule has 1 rings (SSSR count). The highest BCUT2D eigenvalue weighted by Gasteiger charge is 1.70. The van der Waals surface area contributed by atoms with Gasteiger partial charge < -0.3 is 11.5 Å². The second-order valence-electron chi connectivity index (χ2n) is 2.08. The molecule has 0 radical (unpaired) electrons. The Balaban J connectivity index is 0.000000223. The van der Waals surface area contributed by atoms with Crippen molar-refractivity contribution in [2.45, 2.75) is 0 Å². The maximum atomic E-state index is 4.96. The van der Waals surface area contributed by atoms with Gasteiger partial charge in [-0.25, -0.2) is 4.99 Å². The van der Waals surface area contributed by atoms with Crippen LogP contribution in [0.2, 0.25) is 0 Å². The molecule has 4 nitrogen and oxygen atoms in total. The summed E-state index contributed by atoms with van der Waals surface area (Å²) in [5.74, 6) is 0.111. The summed E-state index contributed by atoms with van der Waals surface area (Å²) >= 11 is 0. The van der Waals surface area contributed by atoms with E-state index in [0.29, 0.717) is 6.54 Å². The minimum Gasteiger partial charge on any atom is -0.370 e. The van der Waals surface area contributed by atoms with Crippen LogP contribution in [-0.4, -0.2) is 17.5 Å². The van der Waals surface area contributed by atoms with Crippen molar-refractivity contribution in [2.24, 2.45) is 16.5 Å². The van der Waals surface area contributed by atoms with E-state index in [9.17, 15) is 0 Å². The van der Waals surface area contributed by atoms with Crippen LogP contribution >= 0.6 is 0 Å². The van der Waals surface area contributed by atoms with E-state index in [4.69, 9.17) is 11.5 Å². The van der Waals surface area contributed by atoms with Crippen molar-refractivity contribution in [3.63, 3.8) is 0 Å². The molecule has 0 atom stereocenters. The minimum atomic E-state index is 0.111. The highest BCUT2D eigenvalue weighted by molar-refractivity contribution is 5.75. The zero-order valence-corrected chi connectivity index (χ0v) is 7.43. The van der Waals surface area contributed by atoms with Gasteiger partial charge in [0.2, 0.25) is 0 Å². The molecule has 4 N–H and O–H groups in total. The van der Waals surface area contributed by atoms with E-state index in [1.807, 2.05) is 18.2 Å². The first-order valence-electron chi connectivity index (χ1n) is 3.78. The first-order chi connectivity index (χ1) is 6.27. The van der Waals surface area contributed by atoms with E-state index >= 15 is 0 Å². The highest BCUT2D eigenvalue weighted by Crippen LogP contribution is 1.73. The first-order valence-corrected chi connectivity index (χ1v) is 3.78. The number of pyridine rings is 1. The van der Waals surface area contributed by atoms with Gasteiger partial charge in [0.05, 0.1) is 6.54 Å². The molecule has 0 aliphatic heterocycles. The zero-order chi connectivity index (χ0) is 9.94. The zero-order valence-electron chi connectivity index (χ0n) is 7.43. The molecular weight excluding hydrogens is 164 g/mol. The van der Waals surface area contributed by atoms with Gasteiger partial charge in [0.15, 0.2) is 5.96 Å². The fraction of sp³-hybridized carbons (Fsp3) is 0.111. The largest absolute Gasteiger partial charge is 0.370 e. The average molecular weight is 178 g/mol. The van der Waals surface area contributed by atoms with Crippen LogP contribution in [0, 0.1) is 0 Å². The second-order valence-corrected chi connectivity index (χ2v) is 2.08. The second kappa shape index (κ2) is 8.26. The summed E-state index contributed by atoms with van der Waals surface area (Å²) in [5.41, 5.74) is 9.92. The van der Waals surface area contributed by atoms with Crippen LogP contribution in [0.15, 0.2) is 48.2 Å². The molecule has 1 aromatic heterocycles. The molecule has 1 aromatic rings. The predicted molar refractivity (Wildman–Crippen MR) is 55.1 cm³/mol. The van der Waals surface area contributed by atoms with Gasteiger partial charge in [-0.1, -0.05) is 12.1 Å². The molecule has 0 amide bonds. The number of guanidine groups is 1. The van der Waals surface area contributed by atoms with E-state index in [1.165, 1.54) is 0 Å². The minimum absolute atomic E-state index is 0.111. The van der Waals surface area contributed by atoms with Gasteiger partial charge in [0.25, 0.3) is 0 Å². The molecule has 0 saturated carbocycles. The molecule has 0 aliphatic rings. The van der Waals surface area contributed by atoms with Crippen LogP contribution in [0.1, 0.15) is 0 Å². The first kappa shape index (κ1) is 11.2. The van der Waals surface area contributed by atoms with Crippen LogP contribution in [0.5, 0.6) is 0 Å². The lowest BCUT2D eigenvalue weighted by molar-refractivity contribution is 1.22. The molecule has 4 heteroatoms. The Morgan fingerprint density at radius 3 is 2.08 bits per heavy atom. The van der Waals surface area contributed by atoms with E-state index < -0.39 is 0 Å². The van der Waals surface area contributed by atoms with Gasteiger partial charge in [-0.05, 0) is 12.1 Å². The number of nitrogens with zero attached hydrogens (tertiary/aromatic N) is 2. The molecule has 0 bridgehead atoms. The van der Waals surface area contributed by atoms with Gasteiger partial charge >= 0.3 is 0 Å². The smallest absolute Gasteiger partial charge is 0.186 e. The molecule has 0 aliphatic carbocycles. The van der Waals surface area contributed by atoms with Crippen molar-refractivity contribution in [2.75, 3.05) is 6.54 Å². The molecule has 0 fully saturated rings. The molecule has 70 valence electrons. The third-order valence-electron chi connectivity index (χ3n) is 0.969. The number of nitrogens with two attached hydrogens (primary N) is 2. The molecular formula is C9H14N4. The molecule has 0 saturated heterocycles. The Labute approximate surface area is 78.0 Å². The highest BCUT2D eigenvalue weighted by atomic mass is 15.0. The lowest BCUT2D eigenvalue weighted by Crippen LogP contribution is -2.22. The average Bonchev–Trinajstić information content (AvgIpc) is 2.18. The Morgan fingerprint density at radius 2 is 1.92 bits per heavy atom. The molecule has 0 aromatic carbocycles. The summed E-state index contributed by atoms with van der Waals surface area (Å²) in [7, 11) is 0. The number of hydrogen-bond donors (Lipinski definition) is 2.